The number of rotatable bonds is 5. The van der Waals surface area contributed by atoms with Gasteiger partial charge in [0.05, 0.1) is 12.7 Å². The summed E-state index contributed by atoms with van der Waals surface area (Å²) in [5.41, 5.74) is -0.932. The van der Waals surface area contributed by atoms with Crippen molar-refractivity contribution in [1.29, 1.82) is 0 Å². The lowest BCUT2D eigenvalue weighted by molar-refractivity contribution is -0.145. The number of carbonyl (C=O) groups excluding carboxylic acids is 1. The van der Waals surface area contributed by atoms with E-state index in [-0.39, 0.29) is 5.48 Å². The Balaban J connectivity index is 0.00000363. The van der Waals surface area contributed by atoms with Gasteiger partial charge in [-0.1, -0.05) is 43.1 Å². The lowest BCUT2D eigenvalue weighted by Gasteiger charge is -2.22. The van der Waals surface area contributed by atoms with Crippen LogP contribution in [-0.2, 0) is 16.0 Å². The molecular formula is C19H27NO4. The van der Waals surface area contributed by atoms with E-state index in [4.69, 9.17) is 11.0 Å². The summed E-state index contributed by atoms with van der Waals surface area (Å²) in [6.07, 6.45) is -0.145. The average molecular weight is 341 g/mol. The van der Waals surface area contributed by atoms with E-state index < -0.39 is 66.3 Å². The highest BCUT2D eigenvalue weighted by molar-refractivity contribution is 5.82. The second-order valence-corrected chi connectivity index (χ2v) is 6.19. The smallest absolute Gasteiger partial charge is 0.307 e. The predicted octanol–water partition coefficient (Wildman–Crippen LogP) is 2.14. The van der Waals surface area contributed by atoms with Crippen molar-refractivity contribution in [2.45, 2.75) is 38.5 Å². The number of hydrogen-bond donors (Lipinski definition) is 1. The molecule has 0 radical (unpaired) electrons. The fourth-order valence-electron chi connectivity index (χ4n) is 3.51. The Labute approximate surface area is 154 Å². The Hall–Kier alpha value is -1.88. The van der Waals surface area contributed by atoms with Gasteiger partial charge in [-0.05, 0) is 36.6 Å². The monoisotopic (exact) mass is 341 g/mol. The van der Waals surface area contributed by atoms with Crippen LogP contribution in [0.25, 0.3) is 0 Å². The van der Waals surface area contributed by atoms with Crippen molar-refractivity contribution in [1.82, 2.24) is 4.90 Å². The summed E-state index contributed by atoms with van der Waals surface area (Å²) in [6.45, 7) is 0.883. The molecule has 1 aromatic rings. The van der Waals surface area contributed by atoms with Crippen molar-refractivity contribution in [3.8, 4) is 0 Å². The number of carboxylic acids is 1. The first-order valence-corrected chi connectivity index (χ1v) is 7.91. The maximum atomic E-state index is 12.9. The molecule has 1 saturated carbocycles. The number of hydrogen-bond acceptors (Lipinski definition) is 2. The minimum absolute atomic E-state index is 0. The van der Waals surface area contributed by atoms with Crippen LogP contribution in [0.1, 0.15) is 48.6 Å². The fraction of sp³-hybridized carbons (Fsp3) is 0.579. The average Bonchev–Trinajstić information content (AvgIpc) is 3.15. The summed E-state index contributed by atoms with van der Waals surface area (Å²) in [5, 5.41) is 9.75. The Kier molecular flexibility index (Phi) is 3.52. The molecule has 0 unspecified atom stereocenters. The minimum Gasteiger partial charge on any atom is -0.481 e. The Bertz CT molecular complexity index is 884. The van der Waals surface area contributed by atoms with Crippen molar-refractivity contribution in [3.05, 3.63) is 35.8 Å². The summed E-state index contributed by atoms with van der Waals surface area (Å²) >= 11 is 0. The van der Waals surface area contributed by atoms with E-state index in [1.165, 1.54) is 4.90 Å². The van der Waals surface area contributed by atoms with Gasteiger partial charge < -0.3 is 15.5 Å². The van der Waals surface area contributed by atoms with Gasteiger partial charge in [0.2, 0.25) is 5.91 Å². The third-order valence-electron chi connectivity index (χ3n) is 4.69. The molecule has 5 heteroatoms. The highest BCUT2D eigenvalue weighted by atomic mass is 16.4. The van der Waals surface area contributed by atoms with Crippen molar-refractivity contribution in [3.63, 3.8) is 0 Å². The number of amides is 1. The standard InChI is InChI=1S/C19H25NO3.H2O/c21-18(20-12-15-8-4-5-9-16(15)13-20)11-17(19(22)23)10-14-6-2-1-3-7-14;/h1-3,6-7,15-17H,4-5,8-13H2,(H,22,23);1H2/t15-,16+,17-;/m0./s1/i1D,2D,3D,6D,7D,10D2,17D;. The van der Waals surface area contributed by atoms with Crippen LogP contribution in [0.4, 0.5) is 0 Å². The molecule has 0 bridgehead atoms. The summed E-state index contributed by atoms with van der Waals surface area (Å²) < 4.78 is 64.3. The summed E-state index contributed by atoms with van der Waals surface area (Å²) in [5.74, 6) is -5.05. The van der Waals surface area contributed by atoms with Gasteiger partial charge >= 0.3 is 5.97 Å². The zero-order chi connectivity index (χ0) is 23.3. The van der Waals surface area contributed by atoms with Crippen LogP contribution in [0.2, 0.25) is 0 Å². The lowest BCUT2D eigenvalue weighted by Crippen LogP contribution is -2.33. The molecule has 24 heavy (non-hydrogen) atoms. The Morgan fingerprint density at radius 3 is 2.38 bits per heavy atom. The van der Waals surface area contributed by atoms with Crippen LogP contribution in [-0.4, -0.2) is 40.4 Å². The van der Waals surface area contributed by atoms with Crippen LogP contribution in [0.15, 0.2) is 30.2 Å². The maximum Gasteiger partial charge on any atom is 0.307 e. The van der Waals surface area contributed by atoms with Gasteiger partial charge in [0, 0.05) is 23.6 Å². The van der Waals surface area contributed by atoms with E-state index in [0.29, 0.717) is 24.9 Å². The Morgan fingerprint density at radius 2 is 1.83 bits per heavy atom. The zero-order valence-corrected chi connectivity index (χ0v) is 13.3. The van der Waals surface area contributed by atoms with E-state index in [2.05, 4.69) is 0 Å². The van der Waals surface area contributed by atoms with Gasteiger partial charge in [0.1, 0.15) is 0 Å². The maximum absolute atomic E-state index is 12.9. The molecule has 3 rings (SSSR count). The van der Waals surface area contributed by atoms with Gasteiger partial charge in [-0.3, -0.25) is 9.59 Å². The molecule has 1 aliphatic heterocycles. The van der Waals surface area contributed by atoms with Crippen molar-refractivity contribution >= 4 is 11.9 Å². The molecule has 2 aliphatic rings. The van der Waals surface area contributed by atoms with Gasteiger partial charge in [0.25, 0.3) is 0 Å². The molecule has 1 amide bonds. The van der Waals surface area contributed by atoms with E-state index in [9.17, 15) is 14.7 Å². The third-order valence-corrected chi connectivity index (χ3v) is 4.69. The number of fused-ring (bicyclic) bond motifs is 1. The molecule has 1 aliphatic carbocycles. The van der Waals surface area contributed by atoms with Crippen LogP contribution in [0.5, 0.6) is 0 Å². The molecule has 132 valence electrons. The van der Waals surface area contributed by atoms with Crippen LogP contribution >= 0.6 is 0 Å². The molecule has 3 atom stereocenters. The van der Waals surface area contributed by atoms with E-state index in [1.54, 1.807) is 0 Å². The number of carbonyl (C=O) groups is 2. The Morgan fingerprint density at radius 1 is 1.25 bits per heavy atom. The summed E-state index contributed by atoms with van der Waals surface area (Å²) in [7, 11) is 0. The van der Waals surface area contributed by atoms with Gasteiger partial charge in [0.15, 0.2) is 0 Å². The first-order chi connectivity index (χ1) is 14.3. The second-order valence-electron chi connectivity index (χ2n) is 6.19. The van der Waals surface area contributed by atoms with Crippen LogP contribution < -0.4 is 0 Å². The number of carboxylic acid groups (broad SMARTS) is 1. The van der Waals surface area contributed by atoms with Gasteiger partial charge in [-0.2, -0.15) is 0 Å². The van der Waals surface area contributed by atoms with Crippen LogP contribution in [0.3, 0.4) is 0 Å². The molecule has 2 fully saturated rings. The molecule has 3 N–H and O–H groups in total. The zero-order valence-electron chi connectivity index (χ0n) is 21.3. The summed E-state index contributed by atoms with van der Waals surface area (Å²) in [6, 6.07) is -4.26. The molecular weight excluding hydrogens is 306 g/mol. The fourth-order valence-corrected chi connectivity index (χ4v) is 3.51. The second kappa shape index (κ2) is 8.29. The molecule has 0 spiro atoms. The first-order valence-electron chi connectivity index (χ1n) is 11.9. The third kappa shape index (κ3) is 4.35. The molecule has 0 aromatic heterocycles. The quantitative estimate of drug-likeness (QED) is 0.890. The largest absolute Gasteiger partial charge is 0.481 e. The molecule has 1 saturated heterocycles. The highest BCUT2D eigenvalue weighted by Crippen LogP contribution is 2.36. The number of nitrogens with zero attached hydrogens (tertiary/aromatic N) is 1. The number of aliphatic carboxylic acids is 1. The normalized spacial score (nSPS) is 30.6. The van der Waals surface area contributed by atoms with Crippen molar-refractivity contribution < 1.29 is 31.1 Å². The predicted molar refractivity (Wildman–Crippen MR) is 91.5 cm³/mol. The summed E-state index contributed by atoms with van der Waals surface area (Å²) in [4.78, 5) is 26.5. The van der Waals surface area contributed by atoms with E-state index in [1.807, 2.05) is 0 Å². The van der Waals surface area contributed by atoms with Crippen molar-refractivity contribution in [2.24, 2.45) is 17.7 Å². The SMILES string of the molecule is O.[2H]c1c([2H])c([2H])c(C([2H])([2H])[C@@]([2H])(CC(=O)N2C[C@H]3CCCC[C@H]3C2)C(=O)O)c([2H])c1[2H]. The van der Waals surface area contributed by atoms with Gasteiger partial charge in [-0.25, -0.2) is 0 Å². The molecule has 5 nitrogen and oxygen atoms in total. The molecule has 1 heterocycles. The number of benzene rings is 1. The first kappa shape index (κ1) is 10.2. The minimum atomic E-state index is -3.23. The molecule has 1 aromatic carbocycles. The number of likely N-dealkylation sites (tertiary alicyclic amines) is 1. The van der Waals surface area contributed by atoms with Gasteiger partial charge in [-0.15, -0.1) is 0 Å². The highest BCUT2D eigenvalue weighted by Gasteiger charge is 2.37. The lowest BCUT2D eigenvalue weighted by atomic mass is 9.82. The topological polar surface area (TPSA) is 89.1 Å². The van der Waals surface area contributed by atoms with E-state index in [0.717, 1.165) is 25.7 Å². The van der Waals surface area contributed by atoms with Crippen molar-refractivity contribution in [2.75, 3.05) is 13.1 Å². The van der Waals surface area contributed by atoms with Crippen LogP contribution in [0, 0.1) is 17.7 Å². The van der Waals surface area contributed by atoms with E-state index >= 15 is 0 Å².